The van der Waals surface area contributed by atoms with Gasteiger partial charge in [0.15, 0.2) is 0 Å². The number of aliphatic carboxylic acids is 1. The lowest BCUT2D eigenvalue weighted by molar-refractivity contribution is -0.138. The molecule has 7 nitrogen and oxygen atoms in total. The summed E-state index contributed by atoms with van der Waals surface area (Å²) in [7, 11) is 0. The van der Waals surface area contributed by atoms with Crippen LogP contribution < -0.4 is 10.1 Å². The third-order valence-electron chi connectivity index (χ3n) is 5.09. The number of amides is 3. The summed E-state index contributed by atoms with van der Waals surface area (Å²) in [6.45, 7) is 4.05. The minimum atomic E-state index is -1.20. The highest BCUT2D eigenvalue weighted by atomic mass is 32.2. The number of carboxylic acid groups (broad SMARTS) is 1. The van der Waals surface area contributed by atoms with Crippen LogP contribution in [0.15, 0.2) is 48.6 Å². The molecule has 1 aliphatic rings. The van der Waals surface area contributed by atoms with Crippen molar-refractivity contribution in [3.8, 4) is 17.6 Å². The zero-order valence-electron chi connectivity index (χ0n) is 20.3. The zero-order valence-corrected chi connectivity index (χ0v) is 21.1. The first kappa shape index (κ1) is 27.7. The molecule has 1 aliphatic heterocycles. The summed E-state index contributed by atoms with van der Waals surface area (Å²) in [5.74, 6) is 3.31. The molecule has 3 rings (SSSR count). The predicted octanol–water partition coefficient (Wildman–Crippen LogP) is 4.31. The summed E-state index contributed by atoms with van der Waals surface area (Å²) in [5, 5.41) is 12.0. The van der Waals surface area contributed by atoms with Crippen molar-refractivity contribution in [2.75, 3.05) is 24.7 Å². The summed E-state index contributed by atoms with van der Waals surface area (Å²) in [6, 6.07) is 5.47. The number of thioether (sulfide) groups is 1. The normalized spacial score (nSPS) is 14.7. The number of carboxylic acids is 1. The molecule has 0 spiro atoms. The molecule has 0 aromatic heterocycles. The first-order valence-corrected chi connectivity index (χ1v) is 12.6. The number of carbonyl (C=O) groups excluding carboxylic acids is 2. The fourth-order valence-corrected chi connectivity index (χ4v) is 4.31. The van der Waals surface area contributed by atoms with E-state index in [1.165, 1.54) is 30.0 Å². The van der Waals surface area contributed by atoms with Crippen molar-refractivity contribution < 1.29 is 33.0 Å². The number of carbonyl (C=O) groups is 3. The lowest BCUT2D eigenvalue weighted by Crippen LogP contribution is -2.51. The number of nitrogens with one attached hydrogen (secondary N) is 1. The molecule has 0 saturated carbocycles. The first-order chi connectivity index (χ1) is 17.7. The summed E-state index contributed by atoms with van der Waals surface area (Å²) >= 11 is 1.40. The molecule has 2 N–H and O–H groups in total. The van der Waals surface area contributed by atoms with Crippen LogP contribution in [0.3, 0.4) is 0 Å². The highest BCUT2D eigenvalue weighted by molar-refractivity contribution is 7.99. The second-order valence-electron chi connectivity index (χ2n) is 8.55. The van der Waals surface area contributed by atoms with Crippen LogP contribution in [-0.2, 0) is 4.79 Å². The molecular weight excluding hydrogens is 502 g/mol. The van der Waals surface area contributed by atoms with E-state index < -0.39 is 35.6 Å². The number of rotatable bonds is 6. The molecule has 0 bridgehead atoms. The van der Waals surface area contributed by atoms with E-state index in [2.05, 4.69) is 17.2 Å². The van der Waals surface area contributed by atoms with Crippen LogP contribution in [0.5, 0.6) is 5.75 Å². The Balaban J connectivity index is 1.86. The van der Waals surface area contributed by atoms with Gasteiger partial charge in [-0.05, 0) is 48.1 Å². The Hall–Kier alpha value is -3.84. The maximum absolute atomic E-state index is 13.9. The van der Waals surface area contributed by atoms with E-state index in [0.29, 0.717) is 11.5 Å². The third-order valence-corrected chi connectivity index (χ3v) is 6.57. The average molecular weight is 529 g/mol. The van der Waals surface area contributed by atoms with Gasteiger partial charge in [-0.3, -0.25) is 9.69 Å². The zero-order chi connectivity index (χ0) is 26.9. The average Bonchev–Trinajstić information content (AvgIpc) is 2.91. The lowest BCUT2D eigenvalue weighted by Gasteiger charge is -2.23. The number of hydrogen-bond acceptors (Lipinski definition) is 5. The summed E-state index contributed by atoms with van der Waals surface area (Å²) < 4.78 is 32.7. The lowest BCUT2D eigenvalue weighted by atomic mass is 10.1. The molecule has 1 atom stereocenters. The Morgan fingerprint density at radius 3 is 2.62 bits per heavy atom. The van der Waals surface area contributed by atoms with Crippen LogP contribution >= 0.6 is 11.8 Å². The van der Waals surface area contributed by atoms with Crippen LogP contribution in [-0.4, -0.2) is 58.6 Å². The minimum absolute atomic E-state index is 0.0206. The number of fused-ring (bicyclic) bond motifs is 1. The van der Waals surface area contributed by atoms with E-state index in [0.717, 1.165) is 22.8 Å². The monoisotopic (exact) mass is 528 g/mol. The van der Waals surface area contributed by atoms with Gasteiger partial charge in [-0.1, -0.05) is 31.8 Å². The quantitative estimate of drug-likeness (QED) is 0.429. The van der Waals surface area contributed by atoms with E-state index in [1.807, 2.05) is 13.8 Å². The Kier molecular flexibility index (Phi) is 9.69. The number of halogens is 2. The number of benzene rings is 2. The van der Waals surface area contributed by atoms with Gasteiger partial charge in [0, 0.05) is 23.9 Å². The number of hydrogen-bond donors (Lipinski definition) is 2. The van der Waals surface area contributed by atoms with Gasteiger partial charge in [0.25, 0.3) is 5.91 Å². The second kappa shape index (κ2) is 12.9. The molecule has 37 heavy (non-hydrogen) atoms. The van der Waals surface area contributed by atoms with Gasteiger partial charge in [0.1, 0.15) is 30.0 Å². The van der Waals surface area contributed by atoms with Gasteiger partial charge < -0.3 is 15.2 Å². The van der Waals surface area contributed by atoms with Crippen molar-refractivity contribution in [2.24, 2.45) is 5.92 Å². The first-order valence-electron chi connectivity index (χ1n) is 11.5. The van der Waals surface area contributed by atoms with Crippen LogP contribution in [0.25, 0.3) is 0 Å². The van der Waals surface area contributed by atoms with Crippen molar-refractivity contribution in [1.82, 2.24) is 10.2 Å². The number of nitrogens with zero attached hydrogens (tertiary/aromatic N) is 1. The summed E-state index contributed by atoms with van der Waals surface area (Å²) in [4.78, 5) is 39.0. The van der Waals surface area contributed by atoms with Gasteiger partial charge in [-0.2, -0.15) is 11.8 Å². The predicted molar refractivity (Wildman–Crippen MR) is 137 cm³/mol. The molecule has 1 heterocycles. The van der Waals surface area contributed by atoms with Gasteiger partial charge in [-0.15, -0.1) is 0 Å². The smallest absolute Gasteiger partial charge is 0.327 e. The SMILES string of the molecule is CC(C)CSC[C@H](NC(=O)N1C/C=C\COc2ccc(C#Cc3ccc(F)cc3F)cc2C1=O)C(=O)O. The van der Waals surface area contributed by atoms with Gasteiger partial charge >= 0.3 is 12.0 Å². The van der Waals surface area contributed by atoms with E-state index in [4.69, 9.17) is 4.74 Å². The standard InChI is InChI=1S/C27H26F2N2O5S/c1-17(2)15-37-16-23(26(33)34)30-27(35)31-11-3-4-12-36-24-10-6-18(13-21(24)25(31)32)5-7-19-8-9-20(28)14-22(19)29/h3-4,6,8-10,13-14,17,23H,11-12,15-16H2,1-2H3,(H,30,35)(H,33,34)/b4-3-/t23-/m0/s1. The largest absolute Gasteiger partial charge is 0.489 e. The molecule has 2 aromatic carbocycles. The van der Waals surface area contributed by atoms with E-state index >= 15 is 0 Å². The maximum atomic E-state index is 13.9. The molecule has 0 radical (unpaired) electrons. The second-order valence-corrected chi connectivity index (χ2v) is 9.63. The third kappa shape index (κ3) is 7.82. The summed E-state index contributed by atoms with van der Waals surface area (Å²) in [6.07, 6.45) is 3.21. The minimum Gasteiger partial charge on any atom is -0.489 e. The van der Waals surface area contributed by atoms with Crippen LogP contribution in [0.1, 0.15) is 35.3 Å². The molecule has 0 fully saturated rings. The molecule has 0 aliphatic carbocycles. The van der Waals surface area contributed by atoms with Crippen LogP contribution in [0.4, 0.5) is 13.6 Å². The molecule has 2 aromatic rings. The highest BCUT2D eigenvalue weighted by Gasteiger charge is 2.29. The van der Waals surface area contributed by atoms with Crippen LogP contribution in [0, 0.1) is 29.4 Å². The fourth-order valence-electron chi connectivity index (χ4n) is 3.24. The Morgan fingerprint density at radius 2 is 1.92 bits per heavy atom. The van der Waals surface area contributed by atoms with Gasteiger partial charge in [0.05, 0.1) is 11.1 Å². The van der Waals surface area contributed by atoms with Crippen molar-refractivity contribution in [2.45, 2.75) is 19.9 Å². The topological polar surface area (TPSA) is 95.9 Å². The Bertz CT molecular complexity index is 1270. The molecular formula is C27H26F2N2O5S. The van der Waals surface area contributed by atoms with Crippen molar-refractivity contribution >= 4 is 29.7 Å². The van der Waals surface area contributed by atoms with E-state index in [9.17, 15) is 28.3 Å². The van der Waals surface area contributed by atoms with Crippen molar-refractivity contribution in [3.63, 3.8) is 0 Å². The van der Waals surface area contributed by atoms with Gasteiger partial charge in [-0.25, -0.2) is 18.4 Å². The number of urea groups is 1. The molecule has 0 saturated heterocycles. The number of imide groups is 1. The Labute approximate surface area is 217 Å². The van der Waals surface area contributed by atoms with Crippen molar-refractivity contribution in [1.29, 1.82) is 0 Å². The maximum Gasteiger partial charge on any atom is 0.327 e. The molecule has 10 heteroatoms. The molecule has 194 valence electrons. The van der Waals surface area contributed by atoms with E-state index in [1.54, 1.807) is 18.2 Å². The van der Waals surface area contributed by atoms with Crippen LogP contribution in [0.2, 0.25) is 0 Å². The Morgan fingerprint density at radius 1 is 1.14 bits per heavy atom. The highest BCUT2D eigenvalue weighted by Crippen LogP contribution is 2.23. The van der Waals surface area contributed by atoms with E-state index in [-0.39, 0.29) is 35.8 Å². The summed E-state index contributed by atoms with van der Waals surface area (Å²) in [5.41, 5.74) is 0.347. The fraction of sp³-hybridized carbons (Fsp3) is 0.296. The molecule has 3 amide bonds. The van der Waals surface area contributed by atoms with Crippen molar-refractivity contribution in [3.05, 3.63) is 76.9 Å². The van der Waals surface area contributed by atoms with Gasteiger partial charge in [0.2, 0.25) is 0 Å². The number of ether oxygens (including phenoxy) is 1. The molecule has 0 unspecified atom stereocenters.